The molecule has 0 saturated carbocycles. The number of fused-ring (bicyclic) bond motifs is 1. The van der Waals surface area contributed by atoms with E-state index < -0.39 is 0 Å². The van der Waals surface area contributed by atoms with E-state index in [1.807, 2.05) is 12.3 Å². The molecule has 2 aromatic heterocycles. The van der Waals surface area contributed by atoms with Gasteiger partial charge in [-0.25, -0.2) is 9.67 Å². The van der Waals surface area contributed by atoms with Crippen molar-refractivity contribution in [1.29, 1.82) is 0 Å². The molecule has 0 bridgehead atoms. The largest absolute Gasteiger partial charge is 0.368 e. The smallest absolute Gasteiger partial charge is 0.173 e. The van der Waals surface area contributed by atoms with Gasteiger partial charge in [-0.15, -0.1) is 0 Å². The maximum atomic E-state index is 4.53. The summed E-state index contributed by atoms with van der Waals surface area (Å²) in [5, 5.41) is 7.54. The van der Waals surface area contributed by atoms with E-state index >= 15 is 0 Å². The third-order valence-electron chi connectivity index (χ3n) is 3.85. The predicted molar refractivity (Wildman–Crippen MR) is 80.5 cm³/mol. The van der Waals surface area contributed by atoms with Gasteiger partial charge in [0.05, 0.1) is 12.4 Å². The van der Waals surface area contributed by atoms with Crippen LogP contribution in [0.4, 0.5) is 5.82 Å². The topological polar surface area (TPSA) is 55.6 Å². The Bertz CT molecular complexity index is 751. The summed E-state index contributed by atoms with van der Waals surface area (Å²) >= 11 is 0. The normalized spacial score (nSPS) is 16.1. The van der Waals surface area contributed by atoms with Gasteiger partial charge in [0, 0.05) is 24.9 Å². The average Bonchev–Trinajstić information content (AvgIpc) is 3.03. The SMILES string of the molecule is c1ccc2c(c1)CC2CNc1cncc(-n2cccn2)n1. The molecule has 0 saturated heterocycles. The zero-order valence-corrected chi connectivity index (χ0v) is 11.5. The number of rotatable bonds is 4. The minimum atomic E-state index is 0.566. The molecule has 0 fully saturated rings. The maximum Gasteiger partial charge on any atom is 0.173 e. The van der Waals surface area contributed by atoms with Crippen LogP contribution in [-0.2, 0) is 6.42 Å². The first-order valence-electron chi connectivity index (χ1n) is 7.04. The molecule has 1 aromatic carbocycles. The van der Waals surface area contributed by atoms with Crippen molar-refractivity contribution < 1.29 is 0 Å². The lowest BCUT2D eigenvalue weighted by Crippen LogP contribution is -2.24. The van der Waals surface area contributed by atoms with Gasteiger partial charge < -0.3 is 5.32 Å². The molecule has 0 aliphatic heterocycles. The summed E-state index contributed by atoms with van der Waals surface area (Å²) in [6, 6.07) is 10.5. The first-order valence-corrected chi connectivity index (χ1v) is 7.04. The summed E-state index contributed by atoms with van der Waals surface area (Å²) in [4.78, 5) is 8.75. The van der Waals surface area contributed by atoms with Crippen molar-refractivity contribution >= 4 is 5.82 Å². The highest BCUT2D eigenvalue weighted by molar-refractivity contribution is 5.43. The fourth-order valence-electron chi connectivity index (χ4n) is 2.73. The number of hydrogen-bond donors (Lipinski definition) is 1. The Morgan fingerprint density at radius 1 is 1.19 bits per heavy atom. The molecule has 1 aliphatic rings. The molecule has 0 radical (unpaired) electrons. The van der Waals surface area contributed by atoms with E-state index in [0.29, 0.717) is 5.92 Å². The number of nitrogens with zero attached hydrogens (tertiary/aromatic N) is 4. The van der Waals surface area contributed by atoms with E-state index in [1.54, 1.807) is 23.3 Å². The van der Waals surface area contributed by atoms with Crippen molar-refractivity contribution in [2.45, 2.75) is 12.3 Å². The van der Waals surface area contributed by atoms with Crippen LogP contribution in [0, 0.1) is 0 Å². The van der Waals surface area contributed by atoms with Crippen molar-refractivity contribution in [3.63, 3.8) is 0 Å². The minimum Gasteiger partial charge on any atom is -0.368 e. The number of nitrogens with one attached hydrogen (secondary N) is 1. The summed E-state index contributed by atoms with van der Waals surface area (Å²) < 4.78 is 1.71. The molecule has 21 heavy (non-hydrogen) atoms. The van der Waals surface area contributed by atoms with Gasteiger partial charge in [-0.2, -0.15) is 5.10 Å². The van der Waals surface area contributed by atoms with Crippen molar-refractivity contribution in [3.05, 3.63) is 66.2 Å². The summed E-state index contributed by atoms with van der Waals surface area (Å²) in [6.07, 6.45) is 8.17. The van der Waals surface area contributed by atoms with E-state index in [4.69, 9.17) is 0 Å². The highest BCUT2D eigenvalue weighted by Crippen LogP contribution is 2.34. The first-order chi connectivity index (χ1) is 10.4. The van der Waals surface area contributed by atoms with Crippen LogP contribution in [0.2, 0.25) is 0 Å². The summed E-state index contributed by atoms with van der Waals surface area (Å²) in [5.41, 5.74) is 2.90. The fraction of sp³-hybridized carbons (Fsp3) is 0.188. The van der Waals surface area contributed by atoms with Crippen LogP contribution in [0.25, 0.3) is 5.82 Å². The van der Waals surface area contributed by atoms with Crippen molar-refractivity contribution in [1.82, 2.24) is 19.7 Å². The van der Waals surface area contributed by atoms with E-state index in [-0.39, 0.29) is 0 Å². The van der Waals surface area contributed by atoms with Crippen LogP contribution in [0.1, 0.15) is 17.0 Å². The van der Waals surface area contributed by atoms with Gasteiger partial charge in [0.15, 0.2) is 5.82 Å². The lowest BCUT2D eigenvalue weighted by molar-refractivity contribution is 0.634. The third kappa shape index (κ3) is 2.27. The van der Waals surface area contributed by atoms with Crippen molar-refractivity contribution in [3.8, 4) is 5.82 Å². The first kappa shape index (κ1) is 12.1. The Morgan fingerprint density at radius 2 is 2.14 bits per heavy atom. The molecule has 5 heteroatoms. The summed E-state index contributed by atoms with van der Waals surface area (Å²) in [6.45, 7) is 0.883. The van der Waals surface area contributed by atoms with Gasteiger partial charge in [-0.1, -0.05) is 24.3 Å². The molecule has 1 unspecified atom stereocenters. The van der Waals surface area contributed by atoms with Gasteiger partial charge in [0.2, 0.25) is 0 Å². The Labute approximate surface area is 122 Å². The highest BCUT2D eigenvalue weighted by Gasteiger charge is 2.24. The standard InChI is InChI=1S/C16H15N5/c1-2-5-14-12(4-1)8-13(14)9-18-15-10-17-11-16(20-15)21-7-3-6-19-21/h1-7,10-11,13H,8-9H2,(H,18,20). The molecule has 0 spiro atoms. The molecule has 5 nitrogen and oxygen atoms in total. The fourth-order valence-corrected chi connectivity index (χ4v) is 2.73. The Kier molecular flexibility index (Phi) is 2.88. The zero-order chi connectivity index (χ0) is 14.1. The van der Waals surface area contributed by atoms with Crippen LogP contribution in [0.15, 0.2) is 55.1 Å². The van der Waals surface area contributed by atoms with Crippen molar-refractivity contribution in [2.24, 2.45) is 0 Å². The lowest BCUT2D eigenvalue weighted by atomic mass is 9.78. The summed E-state index contributed by atoms with van der Waals surface area (Å²) in [5.74, 6) is 2.07. The van der Waals surface area contributed by atoms with Crippen LogP contribution in [-0.4, -0.2) is 26.3 Å². The van der Waals surface area contributed by atoms with Crippen LogP contribution < -0.4 is 5.32 Å². The molecule has 1 atom stereocenters. The highest BCUT2D eigenvalue weighted by atomic mass is 15.3. The Balaban J connectivity index is 1.46. The number of anilines is 1. The molecule has 1 aliphatic carbocycles. The van der Waals surface area contributed by atoms with Crippen LogP contribution >= 0.6 is 0 Å². The molecule has 104 valence electrons. The average molecular weight is 277 g/mol. The second-order valence-corrected chi connectivity index (χ2v) is 5.19. The number of benzene rings is 1. The van der Waals surface area contributed by atoms with Gasteiger partial charge in [-0.05, 0) is 23.6 Å². The van der Waals surface area contributed by atoms with Gasteiger partial charge in [0.25, 0.3) is 0 Å². The quantitative estimate of drug-likeness (QED) is 0.795. The van der Waals surface area contributed by atoms with Gasteiger partial charge in [-0.3, -0.25) is 4.98 Å². The number of aromatic nitrogens is 4. The van der Waals surface area contributed by atoms with E-state index in [9.17, 15) is 0 Å². The molecule has 1 N–H and O–H groups in total. The van der Waals surface area contributed by atoms with Crippen molar-refractivity contribution in [2.75, 3.05) is 11.9 Å². The molecular formula is C16H15N5. The molecular weight excluding hydrogens is 262 g/mol. The third-order valence-corrected chi connectivity index (χ3v) is 3.85. The Morgan fingerprint density at radius 3 is 3.00 bits per heavy atom. The molecule has 2 heterocycles. The second kappa shape index (κ2) is 5.01. The summed E-state index contributed by atoms with van der Waals surface area (Å²) in [7, 11) is 0. The Hall–Kier alpha value is -2.69. The van der Waals surface area contributed by atoms with Crippen LogP contribution in [0.3, 0.4) is 0 Å². The van der Waals surface area contributed by atoms with Gasteiger partial charge >= 0.3 is 0 Å². The number of hydrogen-bond acceptors (Lipinski definition) is 4. The second-order valence-electron chi connectivity index (χ2n) is 5.19. The van der Waals surface area contributed by atoms with E-state index in [2.05, 4.69) is 44.6 Å². The van der Waals surface area contributed by atoms with E-state index in [1.165, 1.54) is 11.1 Å². The van der Waals surface area contributed by atoms with E-state index in [0.717, 1.165) is 24.6 Å². The maximum absolute atomic E-state index is 4.53. The minimum absolute atomic E-state index is 0.566. The monoisotopic (exact) mass is 277 g/mol. The zero-order valence-electron chi connectivity index (χ0n) is 11.5. The molecule has 4 rings (SSSR count). The molecule has 0 amide bonds. The van der Waals surface area contributed by atoms with Gasteiger partial charge in [0.1, 0.15) is 5.82 Å². The lowest BCUT2D eigenvalue weighted by Gasteiger charge is -2.30. The predicted octanol–water partition coefficient (Wildman–Crippen LogP) is 2.41. The van der Waals surface area contributed by atoms with Crippen LogP contribution in [0.5, 0.6) is 0 Å². The molecule has 3 aromatic rings.